The molecule has 0 aromatic heterocycles. The molecule has 4 nitrogen and oxygen atoms in total. The van der Waals surface area contributed by atoms with Crippen molar-refractivity contribution in [3.63, 3.8) is 0 Å². The highest BCUT2D eigenvalue weighted by atomic mass is 32.2. The summed E-state index contributed by atoms with van der Waals surface area (Å²) in [6.45, 7) is 3.10. The first-order chi connectivity index (χ1) is 6.83. The molecule has 0 saturated carbocycles. The molecule has 15 heavy (non-hydrogen) atoms. The molecule has 0 aliphatic rings. The lowest BCUT2D eigenvalue weighted by Gasteiger charge is -2.11. The highest BCUT2D eigenvalue weighted by Gasteiger charge is 2.15. The molecule has 0 spiro atoms. The Labute approximate surface area is 88.3 Å². The average Bonchev–Trinajstić information content (AvgIpc) is 2.10. The Morgan fingerprint density at radius 3 is 2.47 bits per heavy atom. The molecule has 0 aliphatic carbocycles. The van der Waals surface area contributed by atoms with Crippen molar-refractivity contribution in [1.29, 1.82) is 0 Å². The van der Waals surface area contributed by atoms with E-state index >= 15 is 0 Å². The van der Waals surface area contributed by atoms with Gasteiger partial charge in [-0.1, -0.05) is 0 Å². The van der Waals surface area contributed by atoms with Crippen LogP contribution in [0.5, 0.6) is 0 Å². The summed E-state index contributed by atoms with van der Waals surface area (Å²) in [6.07, 6.45) is 0. The average molecular weight is 232 g/mol. The second kappa shape index (κ2) is 4.06. The zero-order chi connectivity index (χ0) is 11.6. The summed E-state index contributed by atoms with van der Waals surface area (Å²) in [7, 11) is -3.41. The highest BCUT2D eigenvalue weighted by Crippen LogP contribution is 2.18. The van der Waals surface area contributed by atoms with Crippen LogP contribution in [0.1, 0.15) is 13.8 Å². The van der Waals surface area contributed by atoms with Gasteiger partial charge in [0.15, 0.2) is 0 Å². The van der Waals surface area contributed by atoms with Gasteiger partial charge in [-0.05, 0) is 32.0 Å². The molecule has 0 unspecified atom stereocenters. The van der Waals surface area contributed by atoms with Gasteiger partial charge in [0, 0.05) is 0 Å². The minimum atomic E-state index is -3.41. The number of benzene rings is 1. The number of sulfonamides is 1. The normalized spacial score (nSPS) is 11.7. The standard InChI is InChI=1S/C9H13FN2O2S/c1-6(2)15(13,14)12-7-3-4-8(10)9(11)5-7/h3-6,12H,11H2,1-2H3. The zero-order valence-electron chi connectivity index (χ0n) is 8.49. The van der Waals surface area contributed by atoms with Gasteiger partial charge in [-0.15, -0.1) is 0 Å². The van der Waals surface area contributed by atoms with Crippen LogP contribution in [0.25, 0.3) is 0 Å². The van der Waals surface area contributed by atoms with E-state index in [4.69, 9.17) is 5.73 Å². The number of halogens is 1. The summed E-state index contributed by atoms with van der Waals surface area (Å²) in [5.74, 6) is -0.567. The SMILES string of the molecule is CC(C)S(=O)(=O)Nc1ccc(F)c(N)c1. The first-order valence-corrected chi connectivity index (χ1v) is 5.94. The number of hydrogen-bond acceptors (Lipinski definition) is 3. The fourth-order valence-electron chi connectivity index (χ4n) is 0.889. The Kier molecular flexibility index (Phi) is 3.18. The molecular formula is C9H13FN2O2S. The first kappa shape index (κ1) is 11.8. The Bertz CT molecular complexity index is 457. The highest BCUT2D eigenvalue weighted by molar-refractivity contribution is 7.93. The number of anilines is 2. The molecule has 1 rings (SSSR count). The lowest BCUT2D eigenvalue weighted by molar-refractivity contribution is 0.592. The third-order valence-electron chi connectivity index (χ3n) is 1.88. The van der Waals surface area contributed by atoms with Crippen molar-refractivity contribution in [3.05, 3.63) is 24.0 Å². The fourth-order valence-corrected chi connectivity index (χ4v) is 1.58. The van der Waals surface area contributed by atoms with E-state index in [0.717, 1.165) is 6.07 Å². The van der Waals surface area contributed by atoms with Crippen LogP contribution < -0.4 is 10.5 Å². The van der Waals surface area contributed by atoms with E-state index in [1.807, 2.05) is 0 Å². The maximum Gasteiger partial charge on any atom is 0.235 e. The second-order valence-corrected chi connectivity index (χ2v) is 5.67. The predicted octanol–water partition coefficient (Wildman–Crippen LogP) is 1.56. The third kappa shape index (κ3) is 2.82. The molecule has 0 atom stereocenters. The Morgan fingerprint density at radius 2 is 2.00 bits per heavy atom. The van der Waals surface area contributed by atoms with Gasteiger partial charge in [0.25, 0.3) is 0 Å². The molecule has 84 valence electrons. The third-order valence-corrected chi connectivity index (χ3v) is 3.64. The van der Waals surface area contributed by atoms with Crippen LogP contribution in [0.15, 0.2) is 18.2 Å². The molecule has 0 heterocycles. The van der Waals surface area contributed by atoms with Crippen molar-refractivity contribution in [3.8, 4) is 0 Å². The van der Waals surface area contributed by atoms with E-state index in [-0.39, 0.29) is 11.4 Å². The smallest absolute Gasteiger partial charge is 0.235 e. The summed E-state index contributed by atoms with van der Waals surface area (Å²) < 4.78 is 38.0. The molecule has 1 aromatic carbocycles. The van der Waals surface area contributed by atoms with Crippen molar-refractivity contribution in [2.45, 2.75) is 19.1 Å². The van der Waals surface area contributed by atoms with E-state index in [2.05, 4.69) is 4.72 Å². The van der Waals surface area contributed by atoms with Crippen LogP contribution in [0.2, 0.25) is 0 Å². The maximum atomic E-state index is 12.8. The number of rotatable bonds is 3. The molecule has 0 bridgehead atoms. The van der Waals surface area contributed by atoms with Crippen molar-refractivity contribution in [1.82, 2.24) is 0 Å². The summed E-state index contributed by atoms with van der Waals surface area (Å²) >= 11 is 0. The van der Waals surface area contributed by atoms with Gasteiger partial charge in [-0.2, -0.15) is 0 Å². The summed E-state index contributed by atoms with van der Waals surface area (Å²) in [5, 5.41) is -0.552. The summed E-state index contributed by atoms with van der Waals surface area (Å²) in [6, 6.07) is 3.69. The molecule has 1 aromatic rings. The molecule has 0 saturated heterocycles. The lowest BCUT2D eigenvalue weighted by atomic mass is 10.3. The minimum absolute atomic E-state index is 0.0843. The van der Waals surface area contributed by atoms with E-state index in [1.165, 1.54) is 12.1 Å². The number of nitrogen functional groups attached to an aromatic ring is 1. The van der Waals surface area contributed by atoms with Gasteiger partial charge in [0.05, 0.1) is 16.6 Å². The van der Waals surface area contributed by atoms with Crippen molar-refractivity contribution in [2.24, 2.45) is 0 Å². The summed E-state index contributed by atoms with van der Waals surface area (Å²) in [4.78, 5) is 0. The molecule has 3 N–H and O–H groups in total. The fraction of sp³-hybridized carbons (Fsp3) is 0.333. The van der Waals surface area contributed by atoms with Crippen molar-refractivity contribution < 1.29 is 12.8 Å². The van der Waals surface area contributed by atoms with Crippen LogP contribution in [0.4, 0.5) is 15.8 Å². The Hall–Kier alpha value is -1.30. The first-order valence-electron chi connectivity index (χ1n) is 4.39. The second-order valence-electron chi connectivity index (χ2n) is 3.43. The van der Waals surface area contributed by atoms with E-state index in [0.29, 0.717) is 0 Å². The molecule has 0 fully saturated rings. The Balaban J connectivity index is 2.96. The van der Waals surface area contributed by atoms with Crippen LogP contribution >= 0.6 is 0 Å². The van der Waals surface area contributed by atoms with Crippen LogP contribution in [-0.4, -0.2) is 13.7 Å². The molecule has 6 heteroatoms. The monoisotopic (exact) mass is 232 g/mol. The largest absolute Gasteiger partial charge is 0.396 e. The van der Waals surface area contributed by atoms with Gasteiger partial charge in [0.1, 0.15) is 5.82 Å². The van der Waals surface area contributed by atoms with Gasteiger partial charge < -0.3 is 5.73 Å². The van der Waals surface area contributed by atoms with Gasteiger partial charge in [-0.3, -0.25) is 4.72 Å². The lowest BCUT2D eigenvalue weighted by Crippen LogP contribution is -2.22. The Morgan fingerprint density at radius 1 is 1.40 bits per heavy atom. The number of nitrogens with one attached hydrogen (secondary N) is 1. The number of hydrogen-bond donors (Lipinski definition) is 2. The zero-order valence-corrected chi connectivity index (χ0v) is 9.31. The molecular weight excluding hydrogens is 219 g/mol. The van der Waals surface area contributed by atoms with Gasteiger partial charge in [0.2, 0.25) is 10.0 Å². The van der Waals surface area contributed by atoms with Crippen molar-refractivity contribution >= 4 is 21.4 Å². The van der Waals surface area contributed by atoms with E-state index in [9.17, 15) is 12.8 Å². The van der Waals surface area contributed by atoms with Crippen LogP contribution in [0.3, 0.4) is 0 Å². The topological polar surface area (TPSA) is 72.2 Å². The van der Waals surface area contributed by atoms with Gasteiger partial charge >= 0.3 is 0 Å². The molecule has 0 radical (unpaired) electrons. The molecule has 0 amide bonds. The van der Waals surface area contributed by atoms with Crippen LogP contribution in [0, 0.1) is 5.82 Å². The van der Waals surface area contributed by atoms with E-state index < -0.39 is 21.1 Å². The van der Waals surface area contributed by atoms with E-state index in [1.54, 1.807) is 13.8 Å². The molecule has 0 aliphatic heterocycles. The van der Waals surface area contributed by atoms with Crippen molar-refractivity contribution in [2.75, 3.05) is 10.5 Å². The number of nitrogens with two attached hydrogens (primary N) is 1. The van der Waals surface area contributed by atoms with Gasteiger partial charge in [-0.25, -0.2) is 12.8 Å². The minimum Gasteiger partial charge on any atom is -0.396 e. The maximum absolute atomic E-state index is 12.8. The quantitative estimate of drug-likeness (QED) is 0.777. The predicted molar refractivity (Wildman–Crippen MR) is 58.5 cm³/mol. The van der Waals surface area contributed by atoms with Crippen LogP contribution in [-0.2, 0) is 10.0 Å². The summed E-state index contributed by atoms with van der Waals surface area (Å²) in [5.41, 5.74) is 5.49.